The predicted octanol–water partition coefficient (Wildman–Crippen LogP) is 3.42. The average Bonchev–Trinajstić information content (AvgIpc) is 2.35. The van der Waals surface area contributed by atoms with Gasteiger partial charge in [-0.15, -0.1) is 0 Å². The Hall–Kier alpha value is -1.09. The van der Waals surface area contributed by atoms with Crippen molar-refractivity contribution < 1.29 is 9.50 Å². The first-order chi connectivity index (χ1) is 8.11. The number of aromatic hydroxyl groups is 1. The van der Waals surface area contributed by atoms with Gasteiger partial charge in [0, 0.05) is 11.6 Å². The minimum atomic E-state index is -0.383. The minimum absolute atomic E-state index is 0.0306. The van der Waals surface area contributed by atoms with Crippen LogP contribution in [0.5, 0.6) is 5.75 Å². The number of halogens is 1. The zero-order valence-corrected chi connectivity index (χ0v) is 10.2. The second-order valence-corrected chi connectivity index (χ2v) is 5.05. The van der Waals surface area contributed by atoms with Gasteiger partial charge in [-0.1, -0.05) is 25.3 Å². The largest absolute Gasteiger partial charge is 0.507 e. The van der Waals surface area contributed by atoms with Crippen LogP contribution in [0.4, 0.5) is 4.39 Å². The molecule has 0 spiro atoms. The van der Waals surface area contributed by atoms with Gasteiger partial charge in [0.25, 0.3) is 0 Å². The molecule has 2 nitrogen and oxygen atoms in total. The summed E-state index contributed by atoms with van der Waals surface area (Å²) < 4.78 is 13.8. The lowest BCUT2D eigenvalue weighted by molar-refractivity contribution is 0.297. The highest BCUT2D eigenvalue weighted by Crippen LogP contribution is 2.38. The van der Waals surface area contributed by atoms with Gasteiger partial charge in [-0.3, -0.25) is 0 Å². The topological polar surface area (TPSA) is 46.2 Å². The van der Waals surface area contributed by atoms with Gasteiger partial charge in [-0.05, 0) is 37.3 Å². The van der Waals surface area contributed by atoms with E-state index in [1.165, 1.54) is 12.5 Å². The van der Waals surface area contributed by atoms with Crippen molar-refractivity contribution >= 4 is 0 Å². The van der Waals surface area contributed by atoms with Gasteiger partial charge in [0.05, 0.1) is 0 Å². The molecule has 3 N–H and O–H groups in total. The SMILES string of the molecule is Cc1ccc(F)c([C@@H](N)C2CCCCC2)c1O. The van der Waals surface area contributed by atoms with Crippen LogP contribution in [0.15, 0.2) is 12.1 Å². The molecule has 0 aliphatic heterocycles. The van der Waals surface area contributed by atoms with Crippen molar-refractivity contribution in [1.82, 2.24) is 0 Å². The van der Waals surface area contributed by atoms with Gasteiger partial charge >= 0.3 is 0 Å². The van der Waals surface area contributed by atoms with Crippen LogP contribution < -0.4 is 5.73 Å². The molecule has 1 fully saturated rings. The molecule has 0 aromatic heterocycles. The maximum absolute atomic E-state index is 13.8. The van der Waals surface area contributed by atoms with Crippen molar-refractivity contribution in [2.24, 2.45) is 11.7 Å². The summed E-state index contributed by atoms with van der Waals surface area (Å²) >= 11 is 0. The molecule has 1 atom stereocenters. The number of phenolic OH excluding ortho intramolecular Hbond substituents is 1. The fourth-order valence-corrected chi connectivity index (χ4v) is 2.74. The molecule has 0 heterocycles. The number of phenols is 1. The minimum Gasteiger partial charge on any atom is -0.507 e. The molecule has 1 aromatic rings. The lowest BCUT2D eigenvalue weighted by atomic mass is 9.81. The molecule has 1 aromatic carbocycles. The first-order valence-corrected chi connectivity index (χ1v) is 6.35. The molecule has 1 aliphatic carbocycles. The van der Waals surface area contributed by atoms with Crippen LogP contribution in [0.3, 0.4) is 0 Å². The zero-order valence-electron chi connectivity index (χ0n) is 10.2. The van der Waals surface area contributed by atoms with Crippen molar-refractivity contribution in [1.29, 1.82) is 0 Å². The highest BCUT2D eigenvalue weighted by molar-refractivity contribution is 5.42. The number of hydrogen-bond acceptors (Lipinski definition) is 2. The highest BCUT2D eigenvalue weighted by Gasteiger charge is 2.26. The summed E-state index contributed by atoms with van der Waals surface area (Å²) in [4.78, 5) is 0. The lowest BCUT2D eigenvalue weighted by Gasteiger charge is -2.28. The molecule has 1 saturated carbocycles. The summed E-state index contributed by atoms with van der Waals surface area (Å²) in [6.07, 6.45) is 5.63. The molecular weight excluding hydrogens is 217 g/mol. The summed E-state index contributed by atoms with van der Waals surface area (Å²) in [5.41, 5.74) is 7.13. The standard InChI is InChI=1S/C14H20FNO/c1-9-7-8-11(15)12(14(9)17)13(16)10-5-3-2-4-6-10/h7-8,10,13,17H,2-6,16H2,1H3/t13-/m0/s1. The van der Waals surface area contributed by atoms with E-state index in [-0.39, 0.29) is 17.6 Å². The van der Waals surface area contributed by atoms with Crippen molar-refractivity contribution in [2.45, 2.75) is 45.1 Å². The Balaban J connectivity index is 2.29. The van der Waals surface area contributed by atoms with Crippen LogP contribution in [0.2, 0.25) is 0 Å². The van der Waals surface area contributed by atoms with E-state index in [1.807, 2.05) is 0 Å². The van der Waals surface area contributed by atoms with Gasteiger partial charge in [-0.25, -0.2) is 4.39 Å². The molecule has 17 heavy (non-hydrogen) atoms. The summed E-state index contributed by atoms with van der Waals surface area (Å²) in [6.45, 7) is 1.77. The molecule has 0 saturated heterocycles. The average molecular weight is 237 g/mol. The molecule has 0 amide bonds. The van der Waals surface area contributed by atoms with Crippen LogP contribution in [0.1, 0.15) is 49.3 Å². The van der Waals surface area contributed by atoms with E-state index in [2.05, 4.69) is 0 Å². The van der Waals surface area contributed by atoms with Crippen LogP contribution >= 0.6 is 0 Å². The molecule has 1 aliphatic rings. The van der Waals surface area contributed by atoms with E-state index in [4.69, 9.17) is 5.73 Å². The summed E-state index contributed by atoms with van der Waals surface area (Å²) in [7, 11) is 0. The van der Waals surface area contributed by atoms with E-state index in [9.17, 15) is 9.50 Å². The van der Waals surface area contributed by atoms with Crippen molar-refractivity contribution in [2.75, 3.05) is 0 Å². The zero-order chi connectivity index (χ0) is 12.4. The van der Waals surface area contributed by atoms with Gasteiger partial charge in [0.2, 0.25) is 0 Å². The fraction of sp³-hybridized carbons (Fsp3) is 0.571. The Morgan fingerprint density at radius 1 is 1.29 bits per heavy atom. The Bertz CT molecular complexity index is 399. The van der Waals surface area contributed by atoms with Crippen molar-refractivity contribution in [3.8, 4) is 5.75 Å². The molecule has 0 radical (unpaired) electrons. The third-order valence-corrected chi connectivity index (χ3v) is 3.86. The van der Waals surface area contributed by atoms with Crippen molar-refractivity contribution in [3.05, 3.63) is 29.1 Å². The second kappa shape index (κ2) is 5.05. The van der Waals surface area contributed by atoms with Crippen LogP contribution in [0, 0.1) is 18.7 Å². The molecule has 0 bridgehead atoms. The summed E-state index contributed by atoms with van der Waals surface area (Å²) in [5, 5.41) is 9.96. The normalized spacial score (nSPS) is 19.2. The Kier molecular flexibility index (Phi) is 3.67. The number of nitrogens with two attached hydrogens (primary N) is 1. The first kappa shape index (κ1) is 12.4. The van der Waals surface area contributed by atoms with E-state index in [0.29, 0.717) is 17.0 Å². The lowest BCUT2D eigenvalue weighted by Crippen LogP contribution is -2.24. The third-order valence-electron chi connectivity index (χ3n) is 3.86. The molecule has 0 unspecified atom stereocenters. The Morgan fingerprint density at radius 3 is 2.59 bits per heavy atom. The summed E-state index contributed by atoms with van der Waals surface area (Å²) in [6, 6.07) is 2.60. The van der Waals surface area contributed by atoms with E-state index < -0.39 is 0 Å². The van der Waals surface area contributed by atoms with Gasteiger partial charge in [0.15, 0.2) is 0 Å². The summed E-state index contributed by atoms with van der Waals surface area (Å²) in [5.74, 6) is -0.0554. The van der Waals surface area contributed by atoms with Crippen LogP contribution in [-0.2, 0) is 0 Å². The predicted molar refractivity (Wildman–Crippen MR) is 66.3 cm³/mol. The number of hydrogen-bond donors (Lipinski definition) is 2. The third kappa shape index (κ3) is 2.44. The van der Waals surface area contributed by atoms with E-state index >= 15 is 0 Å². The van der Waals surface area contributed by atoms with Crippen LogP contribution in [0.25, 0.3) is 0 Å². The molecule has 2 rings (SSSR count). The second-order valence-electron chi connectivity index (χ2n) is 5.05. The quantitative estimate of drug-likeness (QED) is 0.827. The smallest absolute Gasteiger partial charge is 0.131 e. The monoisotopic (exact) mass is 237 g/mol. The van der Waals surface area contributed by atoms with Gasteiger partial charge in [-0.2, -0.15) is 0 Å². The molecular formula is C14H20FNO. The maximum atomic E-state index is 13.8. The van der Waals surface area contributed by atoms with Gasteiger partial charge in [0.1, 0.15) is 11.6 Å². The van der Waals surface area contributed by atoms with Gasteiger partial charge < -0.3 is 10.8 Å². The number of benzene rings is 1. The maximum Gasteiger partial charge on any atom is 0.131 e. The fourth-order valence-electron chi connectivity index (χ4n) is 2.74. The first-order valence-electron chi connectivity index (χ1n) is 6.35. The Labute approximate surface area is 102 Å². The van der Waals surface area contributed by atoms with E-state index in [0.717, 1.165) is 25.7 Å². The van der Waals surface area contributed by atoms with E-state index in [1.54, 1.807) is 13.0 Å². The number of aryl methyl sites for hydroxylation is 1. The molecule has 3 heteroatoms. The van der Waals surface area contributed by atoms with Crippen LogP contribution in [-0.4, -0.2) is 5.11 Å². The van der Waals surface area contributed by atoms with Crippen molar-refractivity contribution in [3.63, 3.8) is 0 Å². The number of rotatable bonds is 2. The Morgan fingerprint density at radius 2 is 1.94 bits per heavy atom. The molecule has 94 valence electrons. The highest BCUT2D eigenvalue weighted by atomic mass is 19.1.